The van der Waals surface area contributed by atoms with Gasteiger partial charge in [0.2, 0.25) is 0 Å². The molecule has 1 saturated heterocycles. The number of methoxy groups -OCH3 is 1. The van der Waals surface area contributed by atoms with Gasteiger partial charge >= 0.3 is 5.97 Å². The maximum absolute atomic E-state index is 12.5. The Morgan fingerprint density at radius 2 is 2.19 bits per heavy atom. The van der Waals surface area contributed by atoms with E-state index in [9.17, 15) is 9.59 Å². The van der Waals surface area contributed by atoms with Crippen LogP contribution in [0.25, 0.3) is 10.9 Å². The minimum absolute atomic E-state index is 0.268. The number of hydrogen-bond donors (Lipinski definition) is 2. The number of amides is 1. The van der Waals surface area contributed by atoms with Crippen molar-refractivity contribution in [3.8, 4) is 5.75 Å². The molecule has 1 fully saturated rings. The van der Waals surface area contributed by atoms with Gasteiger partial charge in [0, 0.05) is 17.4 Å². The fraction of sp³-hybridized carbons (Fsp3) is 0.333. The first-order valence-corrected chi connectivity index (χ1v) is 6.80. The molecule has 2 N–H and O–H groups in total. The standard InChI is InChI=1S/C15H16N2O4/c1-21-10-4-5-11-9(7-10)8-12(16-11)14(18)17-6-2-3-13(17)15(19)20/h4-5,7-8,13,16H,2-3,6H2,1H3,(H,19,20)/t13-/m1/s1. The van der Waals surface area contributed by atoms with Crippen LogP contribution in [0, 0.1) is 0 Å². The molecule has 0 aliphatic carbocycles. The second-order valence-electron chi connectivity index (χ2n) is 5.13. The largest absolute Gasteiger partial charge is 0.497 e. The summed E-state index contributed by atoms with van der Waals surface area (Å²) < 4.78 is 5.15. The third-order valence-electron chi connectivity index (χ3n) is 3.86. The van der Waals surface area contributed by atoms with E-state index in [-0.39, 0.29) is 5.91 Å². The summed E-state index contributed by atoms with van der Waals surface area (Å²) in [5.41, 5.74) is 1.23. The molecule has 6 heteroatoms. The van der Waals surface area contributed by atoms with Gasteiger partial charge in [-0.15, -0.1) is 0 Å². The molecule has 2 heterocycles. The highest BCUT2D eigenvalue weighted by Gasteiger charge is 2.34. The van der Waals surface area contributed by atoms with Gasteiger partial charge in [0.05, 0.1) is 7.11 Å². The first-order chi connectivity index (χ1) is 10.1. The van der Waals surface area contributed by atoms with Crippen molar-refractivity contribution in [1.82, 2.24) is 9.88 Å². The monoisotopic (exact) mass is 288 g/mol. The van der Waals surface area contributed by atoms with Gasteiger partial charge in [-0.3, -0.25) is 4.79 Å². The number of aromatic amines is 1. The Kier molecular flexibility index (Phi) is 3.29. The van der Waals surface area contributed by atoms with E-state index in [4.69, 9.17) is 9.84 Å². The van der Waals surface area contributed by atoms with Crippen molar-refractivity contribution < 1.29 is 19.4 Å². The average Bonchev–Trinajstić information content (AvgIpc) is 3.12. The van der Waals surface area contributed by atoms with Gasteiger partial charge in [0.1, 0.15) is 17.5 Å². The summed E-state index contributed by atoms with van der Waals surface area (Å²) in [6.45, 7) is 0.481. The Bertz CT molecular complexity index is 707. The molecule has 1 aromatic carbocycles. The molecule has 0 spiro atoms. The Morgan fingerprint density at radius 1 is 1.38 bits per heavy atom. The van der Waals surface area contributed by atoms with E-state index in [1.165, 1.54) is 4.90 Å². The molecule has 1 aliphatic rings. The second kappa shape index (κ2) is 5.12. The van der Waals surface area contributed by atoms with E-state index in [2.05, 4.69) is 4.98 Å². The number of fused-ring (bicyclic) bond motifs is 1. The minimum atomic E-state index is -0.946. The third kappa shape index (κ3) is 2.33. The van der Waals surface area contributed by atoms with Crippen LogP contribution in [-0.2, 0) is 4.79 Å². The minimum Gasteiger partial charge on any atom is -0.497 e. The quantitative estimate of drug-likeness (QED) is 0.903. The van der Waals surface area contributed by atoms with Crippen molar-refractivity contribution >= 4 is 22.8 Å². The molecule has 3 rings (SSSR count). The Labute approximate surface area is 121 Å². The molecule has 2 aromatic rings. The number of nitrogens with zero attached hydrogens (tertiary/aromatic N) is 1. The average molecular weight is 288 g/mol. The molecule has 0 unspecified atom stereocenters. The smallest absolute Gasteiger partial charge is 0.326 e. The maximum Gasteiger partial charge on any atom is 0.326 e. The Hall–Kier alpha value is -2.50. The van der Waals surface area contributed by atoms with Gasteiger partial charge in [0.25, 0.3) is 5.91 Å². The third-order valence-corrected chi connectivity index (χ3v) is 3.86. The highest BCUT2D eigenvalue weighted by Crippen LogP contribution is 2.24. The summed E-state index contributed by atoms with van der Waals surface area (Å²) in [6.07, 6.45) is 1.23. The van der Waals surface area contributed by atoms with Crippen LogP contribution >= 0.6 is 0 Å². The van der Waals surface area contributed by atoms with E-state index in [0.29, 0.717) is 24.4 Å². The number of aromatic nitrogens is 1. The number of carboxylic acid groups (broad SMARTS) is 1. The van der Waals surface area contributed by atoms with Crippen molar-refractivity contribution in [2.45, 2.75) is 18.9 Å². The number of ether oxygens (including phenoxy) is 1. The Balaban J connectivity index is 1.92. The molecular formula is C15H16N2O4. The van der Waals surface area contributed by atoms with Gasteiger partial charge in [-0.05, 0) is 37.1 Å². The van der Waals surface area contributed by atoms with Crippen molar-refractivity contribution in [3.63, 3.8) is 0 Å². The first kappa shape index (κ1) is 13.5. The van der Waals surface area contributed by atoms with Crippen molar-refractivity contribution in [2.75, 3.05) is 13.7 Å². The molecule has 0 radical (unpaired) electrons. The molecule has 1 amide bonds. The molecular weight excluding hydrogens is 272 g/mol. The van der Waals surface area contributed by atoms with E-state index in [1.54, 1.807) is 13.2 Å². The van der Waals surface area contributed by atoms with Crippen LogP contribution in [0.5, 0.6) is 5.75 Å². The lowest BCUT2D eigenvalue weighted by atomic mass is 10.2. The zero-order valence-electron chi connectivity index (χ0n) is 11.6. The van der Waals surface area contributed by atoms with E-state index in [1.807, 2.05) is 18.2 Å². The first-order valence-electron chi connectivity index (χ1n) is 6.80. The van der Waals surface area contributed by atoms with E-state index in [0.717, 1.165) is 17.3 Å². The zero-order chi connectivity index (χ0) is 15.0. The van der Waals surface area contributed by atoms with Crippen molar-refractivity contribution in [3.05, 3.63) is 30.0 Å². The molecule has 21 heavy (non-hydrogen) atoms. The summed E-state index contributed by atoms with van der Waals surface area (Å²) >= 11 is 0. The summed E-state index contributed by atoms with van der Waals surface area (Å²) in [7, 11) is 1.58. The number of rotatable bonds is 3. The van der Waals surface area contributed by atoms with E-state index < -0.39 is 12.0 Å². The van der Waals surface area contributed by atoms with E-state index >= 15 is 0 Å². The summed E-state index contributed by atoms with van der Waals surface area (Å²) in [6, 6.07) is 6.49. The van der Waals surface area contributed by atoms with Gasteiger partial charge in [-0.1, -0.05) is 0 Å². The molecule has 6 nitrogen and oxygen atoms in total. The predicted molar refractivity (Wildman–Crippen MR) is 76.5 cm³/mol. The van der Waals surface area contributed by atoms with Crippen molar-refractivity contribution in [2.24, 2.45) is 0 Å². The normalized spacial score (nSPS) is 18.1. The summed E-state index contributed by atoms with van der Waals surface area (Å²) in [5.74, 6) is -0.501. The van der Waals surface area contributed by atoms with Crippen LogP contribution in [0.4, 0.5) is 0 Å². The molecule has 1 aliphatic heterocycles. The zero-order valence-corrected chi connectivity index (χ0v) is 11.6. The number of carbonyl (C=O) groups is 2. The van der Waals surface area contributed by atoms with Crippen LogP contribution in [0.1, 0.15) is 23.3 Å². The number of benzene rings is 1. The lowest BCUT2D eigenvalue weighted by molar-refractivity contribution is -0.141. The second-order valence-corrected chi connectivity index (χ2v) is 5.13. The predicted octanol–water partition coefficient (Wildman–Crippen LogP) is 1.87. The van der Waals surface area contributed by atoms with Crippen molar-refractivity contribution in [1.29, 1.82) is 0 Å². The number of hydrogen-bond acceptors (Lipinski definition) is 3. The number of carbonyl (C=O) groups excluding carboxylic acids is 1. The van der Waals surface area contributed by atoms with Gasteiger partial charge in [-0.2, -0.15) is 0 Å². The number of likely N-dealkylation sites (tertiary alicyclic amines) is 1. The lowest BCUT2D eigenvalue weighted by Gasteiger charge is -2.20. The topological polar surface area (TPSA) is 82.6 Å². The fourth-order valence-electron chi connectivity index (χ4n) is 2.77. The van der Waals surface area contributed by atoms with Gasteiger partial charge in [-0.25, -0.2) is 4.79 Å². The van der Waals surface area contributed by atoms with Crippen LogP contribution < -0.4 is 4.74 Å². The SMILES string of the molecule is COc1ccc2[nH]c(C(=O)N3CCC[C@@H]3C(=O)O)cc2c1. The lowest BCUT2D eigenvalue weighted by Crippen LogP contribution is -2.40. The molecule has 0 bridgehead atoms. The van der Waals surface area contributed by atoms with Gasteiger partial charge in [0.15, 0.2) is 0 Å². The molecule has 1 aromatic heterocycles. The summed E-state index contributed by atoms with van der Waals surface area (Å²) in [4.78, 5) is 28.1. The number of nitrogens with one attached hydrogen (secondary N) is 1. The molecule has 0 saturated carbocycles. The maximum atomic E-state index is 12.5. The van der Waals surface area contributed by atoms with Crippen LogP contribution in [0.3, 0.4) is 0 Å². The summed E-state index contributed by atoms with van der Waals surface area (Å²) in [5, 5.41) is 10.0. The fourth-order valence-corrected chi connectivity index (χ4v) is 2.77. The number of H-pyrrole nitrogens is 1. The molecule has 1 atom stereocenters. The van der Waals surface area contributed by atoms with Gasteiger partial charge < -0.3 is 19.7 Å². The number of carboxylic acids is 1. The van der Waals surface area contributed by atoms with Crippen LogP contribution in [0.15, 0.2) is 24.3 Å². The Morgan fingerprint density at radius 3 is 2.90 bits per heavy atom. The molecule has 110 valence electrons. The van der Waals surface area contributed by atoms with Crippen LogP contribution in [0.2, 0.25) is 0 Å². The highest BCUT2D eigenvalue weighted by atomic mass is 16.5. The van der Waals surface area contributed by atoms with Crippen LogP contribution in [-0.4, -0.2) is 46.6 Å². The number of aliphatic carboxylic acids is 1. The highest BCUT2D eigenvalue weighted by molar-refractivity contribution is 6.00.